The molecule has 0 radical (unpaired) electrons. The second kappa shape index (κ2) is 4.91. The van der Waals surface area contributed by atoms with Crippen LogP contribution in [0.1, 0.15) is 22.8 Å². The summed E-state index contributed by atoms with van der Waals surface area (Å²) in [7, 11) is 1.70. The number of ether oxygens (including phenoxy) is 1. The quantitative estimate of drug-likeness (QED) is 0.831. The van der Waals surface area contributed by atoms with Gasteiger partial charge in [-0.1, -0.05) is 12.1 Å². The van der Waals surface area contributed by atoms with Crippen LogP contribution in [-0.4, -0.2) is 22.2 Å². The van der Waals surface area contributed by atoms with Gasteiger partial charge < -0.3 is 10.5 Å². The van der Waals surface area contributed by atoms with Crippen molar-refractivity contribution in [3.05, 3.63) is 41.6 Å². The Balaban J connectivity index is 2.43. The molecule has 5 heteroatoms. The van der Waals surface area contributed by atoms with E-state index in [0.29, 0.717) is 29.3 Å². The van der Waals surface area contributed by atoms with Crippen LogP contribution in [0.15, 0.2) is 30.5 Å². The van der Waals surface area contributed by atoms with Crippen molar-refractivity contribution in [1.29, 1.82) is 0 Å². The second-order valence-electron chi connectivity index (χ2n) is 3.83. The number of hydrogen-bond donors (Lipinski definition) is 1. The molecule has 2 rings (SSSR count). The largest absolute Gasteiger partial charge is 0.493 e. The van der Waals surface area contributed by atoms with Gasteiger partial charge in [0.2, 0.25) is 5.78 Å². The first kappa shape index (κ1) is 12.2. The van der Waals surface area contributed by atoms with Crippen molar-refractivity contribution in [2.24, 2.45) is 7.05 Å². The van der Waals surface area contributed by atoms with E-state index < -0.39 is 0 Å². The lowest BCUT2D eigenvalue weighted by atomic mass is 10.0. The predicted molar refractivity (Wildman–Crippen MR) is 68.7 cm³/mol. The van der Waals surface area contributed by atoms with E-state index in [9.17, 15) is 4.79 Å². The molecule has 2 N–H and O–H groups in total. The molecule has 0 saturated heterocycles. The van der Waals surface area contributed by atoms with E-state index in [-0.39, 0.29) is 5.78 Å². The second-order valence-corrected chi connectivity index (χ2v) is 3.83. The fourth-order valence-corrected chi connectivity index (χ4v) is 1.70. The number of nitrogens with two attached hydrogens (primary N) is 1. The molecule has 18 heavy (non-hydrogen) atoms. The van der Waals surface area contributed by atoms with E-state index >= 15 is 0 Å². The highest BCUT2D eigenvalue weighted by molar-refractivity contribution is 6.13. The Bertz CT molecular complexity index is 575. The lowest BCUT2D eigenvalue weighted by Crippen LogP contribution is -2.08. The van der Waals surface area contributed by atoms with Gasteiger partial charge >= 0.3 is 0 Å². The summed E-state index contributed by atoms with van der Waals surface area (Å²) in [5.74, 6) is 0.740. The summed E-state index contributed by atoms with van der Waals surface area (Å²) in [5.41, 5.74) is 6.70. The smallest absolute Gasteiger partial charge is 0.202 e. The summed E-state index contributed by atoms with van der Waals surface area (Å²) in [5, 5.41) is 3.97. The zero-order valence-corrected chi connectivity index (χ0v) is 10.4. The van der Waals surface area contributed by atoms with Gasteiger partial charge in [-0.2, -0.15) is 5.10 Å². The molecule has 0 unspecified atom stereocenters. The highest BCUT2D eigenvalue weighted by Gasteiger charge is 2.19. The number of aryl methyl sites for hydroxylation is 1. The van der Waals surface area contributed by atoms with Gasteiger partial charge in [0.25, 0.3) is 0 Å². The predicted octanol–water partition coefficient (Wildman–Crippen LogP) is 1.63. The van der Waals surface area contributed by atoms with Crippen molar-refractivity contribution in [3.63, 3.8) is 0 Å². The van der Waals surface area contributed by atoms with Gasteiger partial charge in [-0.15, -0.1) is 0 Å². The fraction of sp³-hybridized carbons (Fsp3) is 0.231. The molecule has 0 bridgehead atoms. The Morgan fingerprint density at radius 2 is 2.11 bits per heavy atom. The highest BCUT2D eigenvalue weighted by atomic mass is 16.5. The molecule has 94 valence electrons. The number of carbonyl (C=O) groups is 1. The third kappa shape index (κ3) is 2.07. The Morgan fingerprint density at radius 3 is 2.72 bits per heavy atom. The number of benzene rings is 1. The molecule has 0 saturated carbocycles. The maximum Gasteiger partial charge on any atom is 0.202 e. The lowest BCUT2D eigenvalue weighted by molar-refractivity contribution is 0.103. The number of aromatic nitrogens is 2. The molecule has 0 spiro atoms. The number of carbonyl (C=O) groups excluding carboxylic acids is 1. The summed E-state index contributed by atoms with van der Waals surface area (Å²) in [6.07, 6.45) is 1.47. The maximum atomic E-state index is 12.4. The number of anilines is 1. The van der Waals surface area contributed by atoms with Crippen molar-refractivity contribution >= 4 is 11.6 Å². The molecule has 1 aromatic heterocycles. The Hall–Kier alpha value is -2.30. The number of nitrogen functional groups attached to an aromatic ring is 1. The van der Waals surface area contributed by atoms with E-state index in [1.807, 2.05) is 13.0 Å². The first-order valence-electron chi connectivity index (χ1n) is 5.69. The topological polar surface area (TPSA) is 70.1 Å². The SMILES string of the molecule is CCOc1ccccc1C(=O)c1cnn(C)c1N. The standard InChI is InChI=1S/C13H15N3O2/c1-3-18-11-7-5-4-6-9(11)12(17)10-8-15-16(2)13(10)14/h4-8H,3,14H2,1-2H3. The van der Waals surface area contributed by atoms with E-state index in [1.54, 1.807) is 25.2 Å². The minimum atomic E-state index is -0.176. The number of nitrogens with zero attached hydrogens (tertiary/aromatic N) is 2. The van der Waals surface area contributed by atoms with Gasteiger partial charge in [-0.05, 0) is 19.1 Å². The number of ketones is 1. The Labute approximate surface area is 105 Å². The fourth-order valence-electron chi connectivity index (χ4n) is 1.70. The molecule has 1 aromatic carbocycles. The van der Waals surface area contributed by atoms with Gasteiger partial charge in [-0.3, -0.25) is 9.48 Å². The Kier molecular flexibility index (Phi) is 3.32. The lowest BCUT2D eigenvalue weighted by Gasteiger charge is -2.08. The van der Waals surface area contributed by atoms with Gasteiger partial charge in [0.15, 0.2) is 0 Å². The zero-order valence-electron chi connectivity index (χ0n) is 10.4. The van der Waals surface area contributed by atoms with E-state index in [1.165, 1.54) is 10.9 Å². The average molecular weight is 245 g/mol. The Morgan fingerprint density at radius 1 is 1.39 bits per heavy atom. The van der Waals surface area contributed by atoms with Crippen LogP contribution < -0.4 is 10.5 Å². The summed E-state index contributed by atoms with van der Waals surface area (Å²) in [4.78, 5) is 12.4. The summed E-state index contributed by atoms with van der Waals surface area (Å²) in [6, 6.07) is 7.11. The number of hydrogen-bond acceptors (Lipinski definition) is 4. The molecule has 0 atom stereocenters. The molecular weight excluding hydrogens is 230 g/mol. The summed E-state index contributed by atoms with van der Waals surface area (Å²) < 4.78 is 6.91. The van der Waals surface area contributed by atoms with Crippen molar-refractivity contribution in [3.8, 4) is 5.75 Å². The van der Waals surface area contributed by atoms with Crippen LogP contribution in [0.25, 0.3) is 0 Å². The molecule has 0 fully saturated rings. The summed E-state index contributed by atoms with van der Waals surface area (Å²) >= 11 is 0. The first-order chi connectivity index (χ1) is 8.65. The van der Waals surface area contributed by atoms with Crippen LogP contribution in [0, 0.1) is 0 Å². The van der Waals surface area contributed by atoms with Crippen molar-refractivity contribution in [1.82, 2.24) is 9.78 Å². The minimum Gasteiger partial charge on any atom is -0.493 e. The summed E-state index contributed by atoms with van der Waals surface area (Å²) in [6.45, 7) is 2.38. The normalized spacial score (nSPS) is 10.3. The van der Waals surface area contributed by atoms with Crippen molar-refractivity contribution in [2.75, 3.05) is 12.3 Å². The molecule has 5 nitrogen and oxygen atoms in total. The van der Waals surface area contributed by atoms with Gasteiger partial charge in [0, 0.05) is 7.05 Å². The van der Waals surface area contributed by atoms with Gasteiger partial charge in [-0.25, -0.2) is 0 Å². The highest BCUT2D eigenvalue weighted by Crippen LogP contribution is 2.23. The molecule has 1 heterocycles. The van der Waals surface area contributed by atoms with Crippen molar-refractivity contribution in [2.45, 2.75) is 6.92 Å². The van der Waals surface area contributed by atoms with Crippen molar-refractivity contribution < 1.29 is 9.53 Å². The van der Waals surface area contributed by atoms with E-state index in [0.717, 1.165) is 0 Å². The van der Waals surface area contributed by atoms with Crippen LogP contribution in [-0.2, 0) is 7.05 Å². The molecule has 0 aliphatic carbocycles. The molecule has 0 aliphatic rings. The molecule has 0 aliphatic heterocycles. The van der Waals surface area contributed by atoms with Crippen LogP contribution >= 0.6 is 0 Å². The van der Waals surface area contributed by atoms with E-state index in [2.05, 4.69) is 5.10 Å². The number of rotatable bonds is 4. The van der Waals surface area contributed by atoms with Crippen LogP contribution in [0.4, 0.5) is 5.82 Å². The molecular formula is C13H15N3O2. The number of para-hydroxylation sites is 1. The van der Waals surface area contributed by atoms with Crippen LogP contribution in [0.5, 0.6) is 5.75 Å². The maximum absolute atomic E-state index is 12.4. The third-order valence-electron chi connectivity index (χ3n) is 2.66. The molecule has 2 aromatic rings. The average Bonchev–Trinajstić information content (AvgIpc) is 2.70. The third-order valence-corrected chi connectivity index (χ3v) is 2.66. The van der Waals surface area contributed by atoms with Gasteiger partial charge in [0.05, 0.1) is 23.9 Å². The monoisotopic (exact) mass is 245 g/mol. The zero-order chi connectivity index (χ0) is 13.1. The van der Waals surface area contributed by atoms with Crippen LogP contribution in [0.2, 0.25) is 0 Å². The first-order valence-corrected chi connectivity index (χ1v) is 5.69. The van der Waals surface area contributed by atoms with Crippen LogP contribution in [0.3, 0.4) is 0 Å². The van der Waals surface area contributed by atoms with Gasteiger partial charge in [0.1, 0.15) is 11.6 Å². The molecule has 0 amide bonds. The minimum absolute atomic E-state index is 0.176. The van der Waals surface area contributed by atoms with E-state index in [4.69, 9.17) is 10.5 Å².